The van der Waals surface area contributed by atoms with E-state index in [4.69, 9.17) is 4.74 Å². The number of rotatable bonds is 4. The molecule has 2 nitrogen and oxygen atoms in total. The molecule has 0 aliphatic carbocycles. The predicted molar refractivity (Wildman–Crippen MR) is 69.9 cm³/mol. The second kappa shape index (κ2) is 7.88. The van der Waals surface area contributed by atoms with Crippen molar-refractivity contribution in [3.63, 3.8) is 0 Å². The first kappa shape index (κ1) is 16.5. The summed E-state index contributed by atoms with van der Waals surface area (Å²) in [6.07, 6.45) is 0.285. The van der Waals surface area contributed by atoms with Gasteiger partial charge in [-0.15, -0.1) is 12.1 Å². The molecule has 0 spiro atoms. The number of hydrogen-bond donors (Lipinski definition) is 0. The quantitative estimate of drug-likeness (QED) is 0.639. The summed E-state index contributed by atoms with van der Waals surface area (Å²) in [6.45, 7) is 3.84. The Morgan fingerprint density at radius 2 is 1.90 bits per heavy atom. The van der Waals surface area contributed by atoms with Crippen LogP contribution in [0.1, 0.15) is 21.5 Å². The van der Waals surface area contributed by atoms with E-state index < -0.39 is 11.8 Å². The third-order valence-electron chi connectivity index (χ3n) is 2.67. The Bertz CT molecular complexity index is 570. The minimum absolute atomic E-state index is 0. The number of halogens is 1. The van der Waals surface area contributed by atoms with Crippen molar-refractivity contribution in [3.05, 3.63) is 78.0 Å². The summed E-state index contributed by atoms with van der Waals surface area (Å²) in [5, 5.41) is 0. The minimum atomic E-state index is -0.502. The largest absolute Gasteiger partial charge is 2.00 e. The first-order valence-corrected chi connectivity index (χ1v) is 5.91. The normalized spacial score (nSPS) is 9.70. The number of hydrogen-bond acceptors (Lipinski definition) is 2. The molecule has 0 unspecified atom stereocenters. The van der Waals surface area contributed by atoms with E-state index in [2.05, 4.69) is 13.0 Å². The molecule has 0 saturated carbocycles. The van der Waals surface area contributed by atoms with E-state index in [9.17, 15) is 9.18 Å². The Morgan fingerprint density at radius 1 is 1.20 bits per heavy atom. The van der Waals surface area contributed by atoms with Gasteiger partial charge in [-0.3, -0.25) is 4.79 Å². The molecule has 0 atom stereocenters. The monoisotopic (exact) mass is 307 g/mol. The van der Waals surface area contributed by atoms with Crippen molar-refractivity contribution in [1.82, 2.24) is 0 Å². The first-order chi connectivity index (χ1) is 9.20. The molecule has 0 saturated heterocycles. The molecule has 1 radical (unpaired) electrons. The maximum absolute atomic E-state index is 13.0. The van der Waals surface area contributed by atoms with Crippen LogP contribution in [0.3, 0.4) is 0 Å². The van der Waals surface area contributed by atoms with E-state index in [1.54, 1.807) is 0 Å². The summed E-state index contributed by atoms with van der Waals surface area (Å²) in [4.78, 5) is 11.9. The topological polar surface area (TPSA) is 26.3 Å². The van der Waals surface area contributed by atoms with E-state index in [1.165, 1.54) is 12.1 Å². The van der Waals surface area contributed by atoms with Crippen molar-refractivity contribution < 1.29 is 32.5 Å². The number of carbonyl (C=O) groups excluding carboxylic acids is 1. The van der Waals surface area contributed by atoms with Crippen LogP contribution in [-0.4, -0.2) is 5.97 Å². The van der Waals surface area contributed by atoms with Gasteiger partial charge < -0.3 is 11.7 Å². The van der Waals surface area contributed by atoms with Gasteiger partial charge in [-0.1, -0.05) is 30.3 Å². The number of ether oxygens (including phenoxy) is 1. The summed E-state index contributed by atoms with van der Waals surface area (Å²) >= 11 is 0. The second-order valence-electron chi connectivity index (χ2n) is 4.01. The van der Waals surface area contributed by atoms with Gasteiger partial charge in [0.2, 0.25) is 0 Å². The molecule has 20 heavy (non-hydrogen) atoms. The Hall–Kier alpha value is -1.58. The molecule has 2 aromatic rings. The van der Waals surface area contributed by atoms with Crippen molar-refractivity contribution in [1.29, 1.82) is 0 Å². The molecular formula is C16H13FO2V. The Kier molecular flexibility index (Phi) is 6.49. The fourth-order valence-corrected chi connectivity index (χ4v) is 1.70. The van der Waals surface area contributed by atoms with Crippen molar-refractivity contribution in [2.45, 2.75) is 13.0 Å². The molecule has 0 N–H and O–H groups in total. The van der Waals surface area contributed by atoms with E-state index in [-0.39, 0.29) is 31.6 Å². The van der Waals surface area contributed by atoms with Crippen molar-refractivity contribution in [2.24, 2.45) is 0 Å². The molecule has 4 heteroatoms. The molecule has 2 aromatic carbocycles. The van der Waals surface area contributed by atoms with Gasteiger partial charge in [0.15, 0.2) is 0 Å². The Morgan fingerprint density at radius 3 is 2.55 bits per heavy atom. The van der Waals surface area contributed by atoms with Crippen LogP contribution >= 0.6 is 0 Å². The van der Waals surface area contributed by atoms with Gasteiger partial charge in [-0.2, -0.15) is 18.1 Å². The van der Waals surface area contributed by atoms with Gasteiger partial charge in [0.1, 0.15) is 6.61 Å². The molecule has 0 fully saturated rings. The maximum Gasteiger partial charge on any atom is 2.00 e. The van der Waals surface area contributed by atoms with Crippen LogP contribution in [-0.2, 0) is 36.3 Å². The van der Waals surface area contributed by atoms with Gasteiger partial charge in [-0.25, -0.2) is 4.39 Å². The van der Waals surface area contributed by atoms with E-state index in [0.717, 1.165) is 5.56 Å². The minimum Gasteiger partial charge on any atom is -0.466 e. The third-order valence-corrected chi connectivity index (χ3v) is 2.67. The zero-order chi connectivity index (χ0) is 13.7. The summed E-state index contributed by atoms with van der Waals surface area (Å²) in [5.41, 5.74) is 1.64. The van der Waals surface area contributed by atoms with Crippen LogP contribution in [0.5, 0.6) is 0 Å². The predicted octanol–water partition coefficient (Wildman–Crippen LogP) is 3.36. The van der Waals surface area contributed by atoms with Gasteiger partial charge in [0.05, 0.1) is 0 Å². The van der Waals surface area contributed by atoms with Crippen molar-refractivity contribution in [2.75, 3.05) is 0 Å². The van der Waals surface area contributed by atoms with Crippen LogP contribution in [0.25, 0.3) is 0 Å². The fourth-order valence-electron chi connectivity index (χ4n) is 1.70. The van der Waals surface area contributed by atoms with Crippen molar-refractivity contribution >= 4 is 5.97 Å². The number of benzene rings is 2. The van der Waals surface area contributed by atoms with Crippen LogP contribution < -0.4 is 0 Å². The molecule has 0 aromatic heterocycles. The van der Waals surface area contributed by atoms with Crippen LogP contribution in [0.4, 0.5) is 4.39 Å². The van der Waals surface area contributed by atoms with Gasteiger partial charge in [0, 0.05) is 5.82 Å². The molecule has 0 aliphatic heterocycles. The Labute approximate surface area is 129 Å². The zero-order valence-corrected chi connectivity index (χ0v) is 12.2. The van der Waals surface area contributed by atoms with Gasteiger partial charge in [0.25, 0.3) is 5.97 Å². The number of carbonyl (C=O) groups is 1. The molecular weight excluding hydrogens is 294 g/mol. The maximum atomic E-state index is 13.0. The fraction of sp³-hybridized carbons (Fsp3) is 0.125. The molecule has 0 aliphatic rings. The average Bonchev–Trinajstić information content (AvgIpc) is 2.45. The van der Waals surface area contributed by atoms with Crippen LogP contribution in [0.15, 0.2) is 42.5 Å². The second-order valence-corrected chi connectivity index (χ2v) is 4.01. The molecule has 2 rings (SSSR count). The summed E-state index contributed by atoms with van der Waals surface area (Å²) in [5.74, 6) is -0.989. The molecule has 0 heterocycles. The molecule has 0 amide bonds. The molecule has 101 valence electrons. The first-order valence-electron chi connectivity index (χ1n) is 5.91. The van der Waals surface area contributed by atoms with Crippen molar-refractivity contribution in [3.8, 4) is 0 Å². The zero-order valence-electron chi connectivity index (χ0n) is 10.8. The molecule has 0 bridgehead atoms. The van der Waals surface area contributed by atoms with E-state index >= 15 is 0 Å². The van der Waals surface area contributed by atoms with E-state index in [0.29, 0.717) is 11.1 Å². The SMILES string of the molecule is [CH2-]Cc1[c-]c(F)ccc1C(=O)OCc1ccccc1.[V+2]. The third kappa shape index (κ3) is 4.22. The van der Waals surface area contributed by atoms with E-state index in [1.807, 2.05) is 30.3 Å². The average molecular weight is 307 g/mol. The van der Waals surface area contributed by atoms with Crippen LogP contribution in [0, 0.1) is 18.8 Å². The Balaban J connectivity index is 0.00000200. The summed E-state index contributed by atoms with van der Waals surface area (Å²) in [6, 6.07) is 14.4. The number of esters is 1. The standard InChI is InChI=1S/C16H13FO2.V/c1-2-13-10-14(17)8-9-15(13)16(18)19-11-12-6-4-3-5-7-12;/h3-9H,1-2,11H2;/q-2;+2. The van der Waals surface area contributed by atoms with Crippen LogP contribution in [0.2, 0.25) is 0 Å². The van der Waals surface area contributed by atoms with Gasteiger partial charge in [-0.05, 0) is 11.1 Å². The summed E-state index contributed by atoms with van der Waals surface area (Å²) < 4.78 is 18.2. The summed E-state index contributed by atoms with van der Waals surface area (Å²) in [7, 11) is 0. The van der Waals surface area contributed by atoms with Gasteiger partial charge >= 0.3 is 18.6 Å². The smallest absolute Gasteiger partial charge is 0.466 e.